The van der Waals surface area contributed by atoms with E-state index in [0.29, 0.717) is 11.6 Å². The van der Waals surface area contributed by atoms with Gasteiger partial charge in [-0.2, -0.15) is 0 Å². The summed E-state index contributed by atoms with van der Waals surface area (Å²) < 4.78 is 8.68. The lowest BCUT2D eigenvalue weighted by molar-refractivity contribution is 0.575. The molecule has 0 bridgehead atoms. The molecule has 0 aliphatic heterocycles. The second kappa shape index (κ2) is 7.51. The Morgan fingerprint density at radius 2 is 1.77 bits per heavy atom. The second-order valence-corrected chi connectivity index (χ2v) is 7.73. The summed E-state index contributed by atoms with van der Waals surface area (Å²) in [6.45, 7) is 2.08. The predicted molar refractivity (Wildman–Crippen MR) is 108 cm³/mol. The first-order valence-corrected chi connectivity index (χ1v) is 9.92. The van der Waals surface area contributed by atoms with Crippen LogP contribution in [0.25, 0.3) is 17.3 Å². The molecule has 0 atom stereocenters. The Morgan fingerprint density at radius 1 is 1.00 bits per heavy atom. The Kier molecular flexibility index (Phi) is 4.95. The van der Waals surface area contributed by atoms with Gasteiger partial charge in [-0.15, -0.1) is 10.2 Å². The SMILES string of the molecule is Cc1ccc(-n2c(SCc3ccc(Br)cc3)nnc2-c2ccco2)cc1. The Bertz CT molecular complexity index is 993. The van der Waals surface area contributed by atoms with Crippen LogP contribution in [-0.2, 0) is 5.75 Å². The summed E-state index contributed by atoms with van der Waals surface area (Å²) in [5, 5.41) is 9.62. The number of rotatable bonds is 5. The molecular weight excluding hydrogens is 410 g/mol. The van der Waals surface area contributed by atoms with E-state index in [9.17, 15) is 0 Å². The molecule has 4 nitrogen and oxygen atoms in total. The Labute approximate surface area is 164 Å². The quantitative estimate of drug-likeness (QED) is 0.373. The van der Waals surface area contributed by atoms with Crippen LogP contribution in [0, 0.1) is 6.92 Å². The van der Waals surface area contributed by atoms with Crippen LogP contribution in [0.1, 0.15) is 11.1 Å². The normalized spacial score (nSPS) is 11.0. The molecule has 26 heavy (non-hydrogen) atoms. The van der Waals surface area contributed by atoms with Gasteiger partial charge in [-0.05, 0) is 48.9 Å². The molecule has 0 aliphatic carbocycles. The fourth-order valence-electron chi connectivity index (χ4n) is 2.58. The molecule has 0 spiro atoms. The molecule has 0 radical (unpaired) electrons. The van der Waals surface area contributed by atoms with Crippen LogP contribution in [0.2, 0.25) is 0 Å². The van der Waals surface area contributed by atoms with Gasteiger partial charge in [0.15, 0.2) is 10.9 Å². The van der Waals surface area contributed by atoms with Gasteiger partial charge in [0.1, 0.15) is 0 Å². The summed E-state index contributed by atoms with van der Waals surface area (Å²) in [6.07, 6.45) is 1.65. The first kappa shape index (κ1) is 17.1. The van der Waals surface area contributed by atoms with Gasteiger partial charge in [0.05, 0.1) is 6.26 Å². The van der Waals surface area contributed by atoms with E-state index in [1.807, 2.05) is 16.7 Å². The third-order valence-corrected chi connectivity index (χ3v) is 5.48. The lowest BCUT2D eigenvalue weighted by Gasteiger charge is -2.09. The lowest BCUT2D eigenvalue weighted by Crippen LogP contribution is -1.99. The molecule has 0 aliphatic rings. The zero-order chi connectivity index (χ0) is 17.9. The van der Waals surface area contributed by atoms with Crippen molar-refractivity contribution < 1.29 is 4.42 Å². The summed E-state index contributed by atoms with van der Waals surface area (Å²) in [7, 11) is 0. The van der Waals surface area contributed by atoms with Crippen LogP contribution >= 0.6 is 27.7 Å². The van der Waals surface area contributed by atoms with Crippen LogP contribution in [0.5, 0.6) is 0 Å². The molecule has 4 aromatic rings. The Balaban J connectivity index is 1.70. The van der Waals surface area contributed by atoms with Crippen molar-refractivity contribution in [2.75, 3.05) is 0 Å². The third kappa shape index (κ3) is 3.61. The highest BCUT2D eigenvalue weighted by atomic mass is 79.9. The zero-order valence-corrected chi connectivity index (χ0v) is 16.5. The van der Waals surface area contributed by atoms with Gasteiger partial charge < -0.3 is 4.42 Å². The number of halogens is 1. The molecule has 6 heteroatoms. The highest BCUT2D eigenvalue weighted by Crippen LogP contribution is 2.30. The van der Waals surface area contributed by atoms with E-state index in [1.54, 1.807) is 18.0 Å². The van der Waals surface area contributed by atoms with Crippen molar-refractivity contribution in [1.29, 1.82) is 0 Å². The van der Waals surface area contributed by atoms with Crippen molar-refractivity contribution in [2.24, 2.45) is 0 Å². The van der Waals surface area contributed by atoms with E-state index in [0.717, 1.165) is 21.1 Å². The van der Waals surface area contributed by atoms with Gasteiger partial charge in [-0.3, -0.25) is 4.57 Å². The highest BCUT2D eigenvalue weighted by molar-refractivity contribution is 9.10. The summed E-state index contributed by atoms with van der Waals surface area (Å²) >= 11 is 5.13. The first-order chi connectivity index (χ1) is 12.7. The van der Waals surface area contributed by atoms with E-state index < -0.39 is 0 Å². The smallest absolute Gasteiger partial charge is 0.205 e. The fraction of sp³-hybridized carbons (Fsp3) is 0.100. The average Bonchev–Trinajstić information content (AvgIpc) is 3.31. The number of aromatic nitrogens is 3. The highest BCUT2D eigenvalue weighted by Gasteiger charge is 2.18. The van der Waals surface area contributed by atoms with Crippen molar-refractivity contribution in [3.63, 3.8) is 0 Å². The number of hydrogen-bond donors (Lipinski definition) is 0. The van der Waals surface area contributed by atoms with Crippen molar-refractivity contribution in [1.82, 2.24) is 14.8 Å². The summed E-state index contributed by atoms with van der Waals surface area (Å²) in [5.74, 6) is 2.22. The maximum atomic E-state index is 5.56. The monoisotopic (exact) mass is 425 g/mol. The predicted octanol–water partition coefficient (Wildman–Crippen LogP) is 5.89. The number of hydrogen-bond acceptors (Lipinski definition) is 4. The molecule has 0 fully saturated rings. The van der Waals surface area contributed by atoms with Crippen molar-refractivity contribution in [3.8, 4) is 17.3 Å². The largest absolute Gasteiger partial charge is 0.461 e. The van der Waals surface area contributed by atoms with E-state index in [2.05, 4.69) is 81.6 Å². The van der Waals surface area contributed by atoms with Crippen LogP contribution in [-0.4, -0.2) is 14.8 Å². The summed E-state index contributed by atoms with van der Waals surface area (Å²) in [5.41, 5.74) is 3.46. The Morgan fingerprint density at radius 3 is 2.46 bits per heavy atom. The number of furan rings is 1. The van der Waals surface area contributed by atoms with Gasteiger partial charge >= 0.3 is 0 Å². The van der Waals surface area contributed by atoms with Crippen LogP contribution in [0.15, 0.2) is 81.0 Å². The van der Waals surface area contributed by atoms with Gasteiger partial charge in [0.2, 0.25) is 5.82 Å². The minimum atomic E-state index is 0.702. The van der Waals surface area contributed by atoms with E-state index in [-0.39, 0.29) is 0 Å². The van der Waals surface area contributed by atoms with Crippen LogP contribution < -0.4 is 0 Å². The van der Waals surface area contributed by atoms with Crippen molar-refractivity contribution in [3.05, 3.63) is 82.5 Å². The Hall–Kier alpha value is -2.31. The van der Waals surface area contributed by atoms with Gasteiger partial charge in [0, 0.05) is 15.9 Å². The maximum absolute atomic E-state index is 5.56. The molecule has 0 unspecified atom stereocenters. The minimum absolute atomic E-state index is 0.702. The molecule has 0 saturated heterocycles. The molecule has 0 amide bonds. The van der Waals surface area contributed by atoms with Gasteiger partial charge in [0.25, 0.3) is 0 Å². The standard InChI is InChI=1S/C20H16BrN3OS/c1-14-4-10-17(11-5-14)24-19(18-3-2-12-25-18)22-23-20(24)26-13-15-6-8-16(21)9-7-15/h2-12H,13H2,1H3. The summed E-state index contributed by atoms with van der Waals surface area (Å²) in [6, 6.07) is 20.4. The third-order valence-electron chi connectivity index (χ3n) is 3.95. The number of aryl methyl sites for hydroxylation is 1. The van der Waals surface area contributed by atoms with Gasteiger partial charge in [-0.1, -0.05) is 57.5 Å². The van der Waals surface area contributed by atoms with E-state index in [1.165, 1.54) is 11.1 Å². The molecule has 0 saturated carbocycles. The molecule has 130 valence electrons. The van der Waals surface area contributed by atoms with Crippen LogP contribution in [0.3, 0.4) is 0 Å². The molecule has 2 heterocycles. The van der Waals surface area contributed by atoms with Crippen molar-refractivity contribution >= 4 is 27.7 Å². The van der Waals surface area contributed by atoms with Gasteiger partial charge in [-0.25, -0.2) is 0 Å². The topological polar surface area (TPSA) is 43.9 Å². The van der Waals surface area contributed by atoms with E-state index >= 15 is 0 Å². The first-order valence-electron chi connectivity index (χ1n) is 8.14. The molecule has 4 rings (SSSR count). The maximum Gasteiger partial charge on any atom is 0.205 e. The molecule has 2 aromatic carbocycles. The molecule has 0 N–H and O–H groups in total. The zero-order valence-electron chi connectivity index (χ0n) is 14.1. The molecule has 2 aromatic heterocycles. The summed E-state index contributed by atoms with van der Waals surface area (Å²) in [4.78, 5) is 0. The lowest BCUT2D eigenvalue weighted by atomic mass is 10.2. The number of thioether (sulfide) groups is 1. The number of nitrogens with zero attached hydrogens (tertiary/aromatic N) is 3. The van der Waals surface area contributed by atoms with Crippen molar-refractivity contribution in [2.45, 2.75) is 17.8 Å². The van der Waals surface area contributed by atoms with E-state index in [4.69, 9.17) is 4.42 Å². The minimum Gasteiger partial charge on any atom is -0.461 e. The van der Waals surface area contributed by atoms with Crippen LogP contribution in [0.4, 0.5) is 0 Å². The average molecular weight is 426 g/mol. The second-order valence-electron chi connectivity index (χ2n) is 5.87. The fourth-order valence-corrected chi connectivity index (χ4v) is 3.76. The number of benzene rings is 2. The molecular formula is C20H16BrN3OS.